The number of anilines is 1. The molecule has 0 bridgehead atoms. The van der Waals surface area contributed by atoms with E-state index >= 15 is 0 Å². The summed E-state index contributed by atoms with van der Waals surface area (Å²) in [5.74, 6) is -0.565. The van der Waals surface area contributed by atoms with Crippen molar-refractivity contribution in [3.8, 4) is 0 Å². The van der Waals surface area contributed by atoms with Gasteiger partial charge in [0.05, 0.1) is 11.0 Å². The van der Waals surface area contributed by atoms with Crippen molar-refractivity contribution in [2.45, 2.75) is 0 Å². The van der Waals surface area contributed by atoms with Crippen molar-refractivity contribution in [1.29, 1.82) is 0 Å². The van der Waals surface area contributed by atoms with Crippen LogP contribution in [0.15, 0.2) is 62.5 Å². The smallest absolute Gasteiger partial charge is 0.349 e. The molecule has 7 nitrogen and oxygen atoms in total. The molecule has 1 amide bonds. The van der Waals surface area contributed by atoms with Crippen LogP contribution in [0.3, 0.4) is 0 Å². The first-order valence-electron chi connectivity index (χ1n) is 7.95. The molecule has 4 rings (SSSR count). The molecule has 130 valence electrons. The Morgan fingerprint density at radius 1 is 0.962 bits per heavy atom. The van der Waals surface area contributed by atoms with Crippen LogP contribution >= 0.6 is 0 Å². The monoisotopic (exact) mass is 349 g/mol. The molecule has 2 aromatic carbocycles. The predicted molar refractivity (Wildman–Crippen MR) is 98.6 cm³/mol. The molecule has 1 N–H and O–H groups in total. The lowest BCUT2D eigenvalue weighted by Crippen LogP contribution is -2.20. The van der Waals surface area contributed by atoms with E-state index in [2.05, 4.69) is 5.32 Å². The Hall–Kier alpha value is -3.61. The Morgan fingerprint density at radius 2 is 1.69 bits per heavy atom. The van der Waals surface area contributed by atoms with E-state index in [1.54, 1.807) is 56.6 Å². The zero-order valence-corrected chi connectivity index (χ0v) is 14.1. The summed E-state index contributed by atoms with van der Waals surface area (Å²) in [6.45, 7) is 0. The van der Waals surface area contributed by atoms with E-state index in [1.807, 2.05) is 0 Å². The molecule has 26 heavy (non-hydrogen) atoms. The summed E-state index contributed by atoms with van der Waals surface area (Å²) in [7, 11) is 3.34. The second kappa shape index (κ2) is 5.73. The van der Waals surface area contributed by atoms with E-state index in [0.29, 0.717) is 22.2 Å². The van der Waals surface area contributed by atoms with Crippen molar-refractivity contribution in [2.24, 2.45) is 14.1 Å². The SMILES string of the molecule is Cn1c(=O)n(C)c2cc(NC(=O)c3cc4ccccc4oc3=O)ccc21. The lowest BCUT2D eigenvalue weighted by Gasteiger charge is -2.06. The number of nitrogens with zero attached hydrogens (tertiary/aromatic N) is 2. The summed E-state index contributed by atoms with van der Waals surface area (Å²) in [6, 6.07) is 13.6. The fourth-order valence-electron chi connectivity index (χ4n) is 3.00. The number of para-hydroxylation sites is 1. The highest BCUT2D eigenvalue weighted by Gasteiger charge is 2.15. The summed E-state index contributed by atoms with van der Waals surface area (Å²) < 4.78 is 8.22. The van der Waals surface area contributed by atoms with Crippen molar-refractivity contribution in [3.63, 3.8) is 0 Å². The van der Waals surface area contributed by atoms with Crippen molar-refractivity contribution >= 4 is 33.6 Å². The zero-order valence-electron chi connectivity index (χ0n) is 14.1. The van der Waals surface area contributed by atoms with Gasteiger partial charge in [0.15, 0.2) is 0 Å². The molecule has 0 unspecified atom stereocenters. The van der Waals surface area contributed by atoms with Crippen LogP contribution in [0.1, 0.15) is 10.4 Å². The van der Waals surface area contributed by atoms with Gasteiger partial charge in [0.25, 0.3) is 5.91 Å². The Bertz CT molecular complexity index is 1290. The normalized spacial score (nSPS) is 11.2. The third-order valence-electron chi connectivity index (χ3n) is 4.42. The number of imidazole rings is 1. The first-order chi connectivity index (χ1) is 12.5. The Labute approximate surface area is 147 Å². The third-order valence-corrected chi connectivity index (χ3v) is 4.42. The second-order valence-electron chi connectivity index (χ2n) is 6.04. The molecular formula is C19H15N3O4. The standard InChI is InChI=1S/C19H15N3O4/c1-21-14-8-7-12(10-15(14)22(2)19(21)25)20-17(23)13-9-11-5-3-4-6-16(11)26-18(13)24/h3-10H,1-2H3,(H,20,23). The summed E-state index contributed by atoms with van der Waals surface area (Å²) in [6.07, 6.45) is 0. The molecule has 4 aromatic rings. The van der Waals surface area contributed by atoms with Gasteiger partial charge in [-0.05, 0) is 30.3 Å². The fraction of sp³-hybridized carbons (Fsp3) is 0.105. The maximum atomic E-state index is 12.5. The van der Waals surface area contributed by atoms with E-state index in [9.17, 15) is 14.4 Å². The number of nitrogens with one attached hydrogen (secondary N) is 1. The van der Waals surface area contributed by atoms with Gasteiger partial charge in [-0.3, -0.25) is 13.9 Å². The molecule has 0 fully saturated rings. The summed E-state index contributed by atoms with van der Waals surface area (Å²) in [4.78, 5) is 36.6. The number of aryl methyl sites for hydroxylation is 2. The lowest BCUT2D eigenvalue weighted by atomic mass is 10.1. The van der Waals surface area contributed by atoms with Crippen LogP contribution in [0.5, 0.6) is 0 Å². The Kier molecular flexibility index (Phi) is 3.50. The van der Waals surface area contributed by atoms with Crippen LogP contribution in [-0.4, -0.2) is 15.0 Å². The van der Waals surface area contributed by atoms with E-state index in [4.69, 9.17) is 4.42 Å². The first-order valence-corrected chi connectivity index (χ1v) is 7.95. The molecule has 0 spiro atoms. The highest BCUT2D eigenvalue weighted by atomic mass is 16.4. The Balaban J connectivity index is 1.73. The highest BCUT2D eigenvalue weighted by Crippen LogP contribution is 2.19. The summed E-state index contributed by atoms with van der Waals surface area (Å²) in [5.41, 5.74) is 1.41. The van der Waals surface area contributed by atoms with Gasteiger partial charge in [-0.15, -0.1) is 0 Å². The summed E-state index contributed by atoms with van der Waals surface area (Å²) >= 11 is 0. The van der Waals surface area contributed by atoms with Crippen LogP contribution in [0.4, 0.5) is 5.69 Å². The number of amides is 1. The van der Waals surface area contributed by atoms with E-state index in [0.717, 1.165) is 5.52 Å². The maximum absolute atomic E-state index is 12.5. The number of hydrogen-bond donors (Lipinski definition) is 1. The van der Waals surface area contributed by atoms with Crippen LogP contribution in [0, 0.1) is 0 Å². The lowest BCUT2D eigenvalue weighted by molar-refractivity contribution is 0.102. The van der Waals surface area contributed by atoms with Crippen molar-refractivity contribution in [2.75, 3.05) is 5.32 Å². The number of aromatic nitrogens is 2. The maximum Gasteiger partial charge on any atom is 0.349 e. The number of carbonyl (C=O) groups excluding carboxylic acids is 1. The van der Waals surface area contributed by atoms with Gasteiger partial charge < -0.3 is 9.73 Å². The van der Waals surface area contributed by atoms with E-state index in [-0.39, 0.29) is 11.3 Å². The molecule has 0 aliphatic heterocycles. The number of carbonyl (C=O) groups is 1. The largest absolute Gasteiger partial charge is 0.422 e. The van der Waals surface area contributed by atoms with Gasteiger partial charge in [0, 0.05) is 25.2 Å². The van der Waals surface area contributed by atoms with Gasteiger partial charge in [-0.2, -0.15) is 0 Å². The van der Waals surface area contributed by atoms with Crippen LogP contribution in [0.2, 0.25) is 0 Å². The van der Waals surface area contributed by atoms with Crippen LogP contribution < -0.4 is 16.6 Å². The van der Waals surface area contributed by atoms with Crippen molar-refractivity contribution in [3.05, 3.63) is 75.0 Å². The quantitative estimate of drug-likeness (QED) is 0.562. The summed E-state index contributed by atoms with van der Waals surface area (Å²) in [5, 5.41) is 3.35. The average Bonchev–Trinajstić information content (AvgIpc) is 2.85. The molecule has 0 aliphatic carbocycles. The first kappa shape index (κ1) is 15.9. The average molecular weight is 349 g/mol. The minimum atomic E-state index is -0.700. The molecule has 0 saturated heterocycles. The minimum absolute atomic E-state index is 0.0780. The van der Waals surface area contributed by atoms with Gasteiger partial charge in [-0.1, -0.05) is 18.2 Å². The number of benzene rings is 2. The van der Waals surface area contributed by atoms with Gasteiger partial charge in [-0.25, -0.2) is 9.59 Å². The number of hydrogen-bond acceptors (Lipinski definition) is 4. The van der Waals surface area contributed by atoms with Gasteiger partial charge in [0.2, 0.25) is 0 Å². The molecular weight excluding hydrogens is 334 g/mol. The second-order valence-corrected chi connectivity index (χ2v) is 6.04. The van der Waals surface area contributed by atoms with Crippen molar-refractivity contribution < 1.29 is 9.21 Å². The molecule has 0 saturated carbocycles. The molecule has 7 heteroatoms. The predicted octanol–water partition coefficient (Wildman–Crippen LogP) is 2.24. The molecule has 0 atom stereocenters. The van der Waals surface area contributed by atoms with Crippen LogP contribution in [0.25, 0.3) is 22.0 Å². The fourth-order valence-corrected chi connectivity index (χ4v) is 3.00. The Morgan fingerprint density at radius 3 is 2.50 bits per heavy atom. The number of rotatable bonds is 2. The van der Waals surface area contributed by atoms with Gasteiger partial charge in [0.1, 0.15) is 11.1 Å². The van der Waals surface area contributed by atoms with Gasteiger partial charge >= 0.3 is 11.3 Å². The molecule has 0 aliphatic rings. The van der Waals surface area contributed by atoms with Crippen molar-refractivity contribution in [1.82, 2.24) is 9.13 Å². The topological polar surface area (TPSA) is 86.2 Å². The molecule has 2 aromatic heterocycles. The molecule has 2 heterocycles. The molecule has 0 radical (unpaired) electrons. The van der Waals surface area contributed by atoms with E-state index in [1.165, 1.54) is 15.2 Å². The minimum Gasteiger partial charge on any atom is -0.422 e. The third kappa shape index (κ3) is 2.41. The number of fused-ring (bicyclic) bond motifs is 2. The zero-order chi connectivity index (χ0) is 18.4. The van der Waals surface area contributed by atoms with E-state index < -0.39 is 11.5 Å². The van der Waals surface area contributed by atoms with Crippen LogP contribution in [-0.2, 0) is 14.1 Å². The highest BCUT2D eigenvalue weighted by molar-refractivity contribution is 6.06.